The van der Waals surface area contributed by atoms with Crippen molar-refractivity contribution in [3.63, 3.8) is 0 Å². The zero-order chi connectivity index (χ0) is 15.5. The van der Waals surface area contributed by atoms with Gasteiger partial charge in [-0.25, -0.2) is 4.98 Å². The minimum Gasteiger partial charge on any atom is -0.333 e. The predicted octanol–water partition coefficient (Wildman–Crippen LogP) is 4.16. The lowest BCUT2D eigenvalue weighted by Crippen LogP contribution is -1.99. The first-order chi connectivity index (χ1) is 10.6. The lowest BCUT2D eigenvalue weighted by Gasteiger charge is -2.10. The van der Waals surface area contributed by atoms with Gasteiger partial charge in [0.2, 0.25) is 0 Å². The normalized spacial score (nSPS) is 10.6. The smallest absolute Gasteiger partial charge is 0.288 e. The van der Waals surface area contributed by atoms with Crippen LogP contribution >= 0.6 is 11.6 Å². The molecule has 0 fully saturated rings. The lowest BCUT2D eigenvalue weighted by molar-refractivity contribution is -0.384. The summed E-state index contributed by atoms with van der Waals surface area (Å²) in [5, 5.41) is 11.2. The van der Waals surface area contributed by atoms with Gasteiger partial charge >= 0.3 is 0 Å². The number of hydrogen-bond acceptors (Lipinski definition) is 3. The summed E-state index contributed by atoms with van der Waals surface area (Å²) in [5.41, 5.74) is 2.68. The Balaban J connectivity index is 2.05. The molecule has 2 aromatic carbocycles. The van der Waals surface area contributed by atoms with E-state index in [1.807, 2.05) is 35.0 Å². The quantitative estimate of drug-likeness (QED) is 0.536. The number of aromatic nitrogens is 2. The van der Waals surface area contributed by atoms with Crippen molar-refractivity contribution in [3.05, 3.63) is 81.9 Å². The molecule has 5 nitrogen and oxygen atoms in total. The van der Waals surface area contributed by atoms with Gasteiger partial charge in [-0.15, -0.1) is 0 Å². The number of nitrogens with zero attached hydrogens (tertiary/aromatic N) is 3. The minimum absolute atomic E-state index is 0.0865. The standard InChI is InChI=1S/C16H12ClN3O2/c17-15-6-5-12(9-16(15)20(21)22)14-4-2-1-3-13(14)10-19-8-7-18-11-19/h1-9,11H,10H2. The Morgan fingerprint density at radius 1 is 1.23 bits per heavy atom. The number of benzene rings is 2. The average Bonchev–Trinajstić information content (AvgIpc) is 3.01. The molecule has 0 spiro atoms. The topological polar surface area (TPSA) is 61.0 Å². The molecular formula is C16H12ClN3O2. The van der Waals surface area contributed by atoms with Crippen LogP contribution in [0.1, 0.15) is 5.56 Å². The van der Waals surface area contributed by atoms with Gasteiger partial charge < -0.3 is 4.57 Å². The van der Waals surface area contributed by atoms with Crippen molar-refractivity contribution in [1.29, 1.82) is 0 Å². The van der Waals surface area contributed by atoms with Crippen molar-refractivity contribution in [2.24, 2.45) is 0 Å². The van der Waals surface area contributed by atoms with Crippen LogP contribution in [0.4, 0.5) is 5.69 Å². The van der Waals surface area contributed by atoms with Gasteiger partial charge in [-0.2, -0.15) is 0 Å². The third-order valence-corrected chi connectivity index (χ3v) is 3.70. The largest absolute Gasteiger partial charge is 0.333 e. The molecule has 0 aliphatic carbocycles. The van der Waals surface area contributed by atoms with Gasteiger partial charge in [-0.1, -0.05) is 41.9 Å². The Bertz CT molecular complexity index is 816. The van der Waals surface area contributed by atoms with Crippen LogP contribution < -0.4 is 0 Å². The molecule has 110 valence electrons. The maximum atomic E-state index is 11.1. The molecule has 0 atom stereocenters. The molecular weight excluding hydrogens is 302 g/mol. The van der Waals surface area contributed by atoms with E-state index in [1.54, 1.807) is 24.7 Å². The summed E-state index contributed by atoms with van der Waals surface area (Å²) < 4.78 is 1.95. The molecule has 1 aromatic heterocycles. The van der Waals surface area contributed by atoms with E-state index >= 15 is 0 Å². The maximum absolute atomic E-state index is 11.1. The Labute approximate surface area is 132 Å². The lowest BCUT2D eigenvalue weighted by atomic mass is 9.99. The van der Waals surface area contributed by atoms with Gasteiger partial charge in [0.1, 0.15) is 5.02 Å². The van der Waals surface area contributed by atoms with E-state index in [0.717, 1.165) is 16.7 Å². The zero-order valence-corrected chi connectivity index (χ0v) is 12.3. The van der Waals surface area contributed by atoms with E-state index in [2.05, 4.69) is 4.98 Å². The summed E-state index contributed by atoms with van der Waals surface area (Å²) >= 11 is 5.88. The van der Waals surface area contributed by atoms with Crippen molar-refractivity contribution >= 4 is 17.3 Å². The SMILES string of the molecule is O=[N+]([O-])c1cc(-c2ccccc2Cn2ccnc2)ccc1Cl. The van der Waals surface area contributed by atoms with E-state index < -0.39 is 4.92 Å². The van der Waals surface area contributed by atoms with E-state index in [-0.39, 0.29) is 10.7 Å². The van der Waals surface area contributed by atoms with Crippen LogP contribution in [0.3, 0.4) is 0 Å². The number of nitro benzene ring substituents is 1. The van der Waals surface area contributed by atoms with E-state index in [0.29, 0.717) is 6.54 Å². The Kier molecular flexibility index (Phi) is 3.89. The van der Waals surface area contributed by atoms with Gasteiger partial charge in [0, 0.05) is 25.0 Å². The minimum atomic E-state index is -0.468. The zero-order valence-electron chi connectivity index (χ0n) is 11.5. The van der Waals surface area contributed by atoms with Crippen LogP contribution in [0.25, 0.3) is 11.1 Å². The van der Waals surface area contributed by atoms with E-state index in [4.69, 9.17) is 11.6 Å². The van der Waals surface area contributed by atoms with Crippen LogP contribution in [-0.4, -0.2) is 14.5 Å². The molecule has 0 unspecified atom stereocenters. The molecule has 0 N–H and O–H groups in total. The molecule has 0 aliphatic rings. The Morgan fingerprint density at radius 2 is 2.05 bits per heavy atom. The fraction of sp³-hybridized carbons (Fsp3) is 0.0625. The number of nitro groups is 1. The van der Waals surface area contributed by atoms with Gasteiger partial charge in [0.05, 0.1) is 11.3 Å². The Morgan fingerprint density at radius 3 is 2.77 bits per heavy atom. The fourth-order valence-electron chi connectivity index (χ4n) is 2.34. The summed E-state index contributed by atoms with van der Waals surface area (Å²) in [4.78, 5) is 14.6. The molecule has 3 aromatic rings. The molecule has 1 heterocycles. The molecule has 22 heavy (non-hydrogen) atoms. The summed E-state index contributed by atoms with van der Waals surface area (Å²) in [7, 11) is 0. The third-order valence-electron chi connectivity index (χ3n) is 3.38. The summed E-state index contributed by atoms with van der Waals surface area (Å²) in [5.74, 6) is 0. The monoisotopic (exact) mass is 313 g/mol. The van der Waals surface area contributed by atoms with Crippen LogP contribution in [0.2, 0.25) is 5.02 Å². The van der Waals surface area contributed by atoms with Crippen molar-refractivity contribution in [2.75, 3.05) is 0 Å². The summed E-state index contributed by atoms with van der Waals surface area (Å²) in [6.07, 6.45) is 5.33. The number of rotatable bonds is 4. The second kappa shape index (κ2) is 5.99. The van der Waals surface area contributed by atoms with Gasteiger partial charge in [0.25, 0.3) is 5.69 Å². The van der Waals surface area contributed by atoms with E-state index in [9.17, 15) is 10.1 Å². The van der Waals surface area contributed by atoms with Crippen LogP contribution in [0, 0.1) is 10.1 Å². The van der Waals surface area contributed by atoms with Crippen molar-refractivity contribution in [3.8, 4) is 11.1 Å². The second-order valence-electron chi connectivity index (χ2n) is 4.82. The fourth-order valence-corrected chi connectivity index (χ4v) is 2.52. The van der Waals surface area contributed by atoms with Crippen molar-refractivity contribution in [1.82, 2.24) is 9.55 Å². The number of imidazole rings is 1. The van der Waals surface area contributed by atoms with Crippen LogP contribution in [0.5, 0.6) is 0 Å². The maximum Gasteiger partial charge on any atom is 0.288 e. The predicted molar refractivity (Wildman–Crippen MR) is 84.9 cm³/mol. The summed E-state index contributed by atoms with van der Waals surface area (Å²) in [6, 6.07) is 12.7. The van der Waals surface area contributed by atoms with Crippen LogP contribution in [-0.2, 0) is 6.54 Å². The highest BCUT2D eigenvalue weighted by atomic mass is 35.5. The third kappa shape index (κ3) is 2.84. The first kappa shape index (κ1) is 14.3. The number of halogens is 1. The van der Waals surface area contributed by atoms with Gasteiger partial charge in [-0.05, 0) is 22.8 Å². The van der Waals surface area contributed by atoms with Crippen LogP contribution in [0.15, 0.2) is 61.2 Å². The highest BCUT2D eigenvalue weighted by Gasteiger charge is 2.15. The highest BCUT2D eigenvalue weighted by Crippen LogP contribution is 2.32. The molecule has 0 bridgehead atoms. The molecule has 0 aliphatic heterocycles. The van der Waals surface area contributed by atoms with Crippen molar-refractivity contribution < 1.29 is 4.92 Å². The van der Waals surface area contributed by atoms with E-state index in [1.165, 1.54) is 6.07 Å². The molecule has 6 heteroatoms. The highest BCUT2D eigenvalue weighted by molar-refractivity contribution is 6.32. The molecule has 0 saturated heterocycles. The first-order valence-corrected chi connectivity index (χ1v) is 7.01. The summed E-state index contributed by atoms with van der Waals surface area (Å²) in [6.45, 7) is 0.645. The molecule has 3 rings (SSSR count). The van der Waals surface area contributed by atoms with Gasteiger partial charge in [-0.3, -0.25) is 10.1 Å². The number of hydrogen-bond donors (Lipinski definition) is 0. The van der Waals surface area contributed by atoms with Crippen molar-refractivity contribution in [2.45, 2.75) is 6.54 Å². The first-order valence-electron chi connectivity index (χ1n) is 6.63. The Hall–Kier alpha value is -2.66. The average molecular weight is 314 g/mol. The molecule has 0 saturated carbocycles. The molecule has 0 amide bonds. The van der Waals surface area contributed by atoms with Gasteiger partial charge in [0.15, 0.2) is 0 Å². The molecule has 0 radical (unpaired) electrons. The second-order valence-corrected chi connectivity index (χ2v) is 5.22.